The van der Waals surface area contributed by atoms with Gasteiger partial charge in [-0.25, -0.2) is 4.79 Å². The third-order valence-electron chi connectivity index (χ3n) is 1.67. The first-order valence-electron chi connectivity index (χ1n) is 4.27. The molecular weight excluding hydrogens is 198 g/mol. The highest BCUT2D eigenvalue weighted by Gasteiger charge is 1.99. The van der Waals surface area contributed by atoms with Crippen LogP contribution in [0.1, 0.15) is 12.5 Å². The van der Waals surface area contributed by atoms with Gasteiger partial charge in [0.2, 0.25) is 6.61 Å². The molecule has 15 heavy (non-hydrogen) atoms. The summed E-state index contributed by atoms with van der Waals surface area (Å²) in [5.41, 5.74) is 1.31. The van der Waals surface area contributed by atoms with Crippen LogP contribution in [-0.2, 0) is 9.63 Å². The Kier molecular flexibility index (Phi) is 3.68. The van der Waals surface area contributed by atoms with E-state index >= 15 is 0 Å². The highest BCUT2D eigenvalue weighted by atomic mass is 16.6. The van der Waals surface area contributed by atoms with Crippen LogP contribution in [0, 0.1) is 0 Å². The summed E-state index contributed by atoms with van der Waals surface area (Å²) in [6.07, 6.45) is 0. The van der Waals surface area contributed by atoms with E-state index in [1.54, 1.807) is 19.1 Å². The Morgan fingerprint density at radius 3 is 2.53 bits per heavy atom. The number of aromatic hydroxyl groups is 1. The summed E-state index contributed by atoms with van der Waals surface area (Å²) < 4.78 is 0. The van der Waals surface area contributed by atoms with E-state index in [0.717, 1.165) is 5.56 Å². The lowest BCUT2D eigenvalue weighted by Crippen LogP contribution is -2.05. The Morgan fingerprint density at radius 1 is 1.40 bits per heavy atom. The first-order valence-corrected chi connectivity index (χ1v) is 4.27. The van der Waals surface area contributed by atoms with E-state index in [1.165, 1.54) is 12.1 Å². The fraction of sp³-hybridized carbons (Fsp3) is 0.200. The molecule has 0 aliphatic carbocycles. The number of hydrogen-bond acceptors (Lipinski definition) is 4. The minimum atomic E-state index is -1.07. The molecule has 2 N–H and O–H groups in total. The SMILES string of the molecule is C/C(=N\OCC(=O)O)c1ccc(O)cc1. The molecule has 0 radical (unpaired) electrons. The van der Waals surface area contributed by atoms with Gasteiger partial charge < -0.3 is 15.1 Å². The maximum absolute atomic E-state index is 10.1. The van der Waals surface area contributed by atoms with Crippen molar-refractivity contribution in [3.63, 3.8) is 0 Å². The maximum Gasteiger partial charge on any atom is 0.344 e. The standard InChI is InChI=1S/C10H11NO4/c1-7(11-15-6-10(13)14)8-2-4-9(12)5-3-8/h2-5,12H,6H2,1H3,(H,13,14)/b11-7+. The van der Waals surface area contributed by atoms with Gasteiger partial charge in [-0.1, -0.05) is 5.16 Å². The predicted molar refractivity (Wildman–Crippen MR) is 53.9 cm³/mol. The second kappa shape index (κ2) is 4.99. The van der Waals surface area contributed by atoms with Gasteiger partial charge in [-0.05, 0) is 36.8 Å². The van der Waals surface area contributed by atoms with E-state index in [2.05, 4.69) is 9.99 Å². The smallest absolute Gasteiger partial charge is 0.344 e. The van der Waals surface area contributed by atoms with E-state index < -0.39 is 12.6 Å². The molecule has 0 amide bonds. The molecule has 5 nitrogen and oxygen atoms in total. The summed E-state index contributed by atoms with van der Waals surface area (Å²) in [6.45, 7) is 1.23. The second-order valence-electron chi connectivity index (χ2n) is 2.89. The van der Waals surface area contributed by atoms with Crippen molar-refractivity contribution in [1.29, 1.82) is 0 Å². The third kappa shape index (κ3) is 3.68. The largest absolute Gasteiger partial charge is 0.508 e. The van der Waals surface area contributed by atoms with Crippen LogP contribution >= 0.6 is 0 Å². The Hall–Kier alpha value is -2.04. The maximum atomic E-state index is 10.1. The van der Waals surface area contributed by atoms with Gasteiger partial charge in [-0.15, -0.1) is 0 Å². The Labute approximate surface area is 86.6 Å². The van der Waals surface area contributed by atoms with Crippen LogP contribution in [0.2, 0.25) is 0 Å². The van der Waals surface area contributed by atoms with E-state index in [0.29, 0.717) is 5.71 Å². The fourth-order valence-corrected chi connectivity index (χ4v) is 0.940. The highest BCUT2D eigenvalue weighted by molar-refractivity contribution is 5.98. The molecule has 0 heterocycles. The van der Waals surface area contributed by atoms with Crippen molar-refractivity contribution in [3.8, 4) is 5.75 Å². The summed E-state index contributed by atoms with van der Waals surface area (Å²) in [7, 11) is 0. The molecule has 0 bridgehead atoms. The molecule has 1 aromatic carbocycles. The van der Waals surface area contributed by atoms with Gasteiger partial charge in [0.15, 0.2) is 0 Å². The minimum Gasteiger partial charge on any atom is -0.508 e. The molecule has 5 heteroatoms. The molecular formula is C10H11NO4. The molecule has 1 aromatic rings. The van der Waals surface area contributed by atoms with Crippen LogP contribution in [0.25, 0.3) is 0 Å². The zero-order valence-electron chi connectivity index (χ0n) is 8.17. The normalized spacial score (nSPS) is 11.1. The van der Waals surface area contributed by atoms with Gasteiger partial charge >= 0.3 is 5.97 Å². The highest BCUT2D eigenvalue weighted by Crippen LogP contribution is 2.10. The van der Waals surface area contributed by atoms with Gasteiger partial charge in [0.1, 0.15) is 5.75 Å². The van der Waals surface area contributed by atoms with Crippen LogP contribution in [0.5, 0.6) is 5.75 Å². The summed E-state index contributed by atoms with van der Waals surface area (Å²) in [4.78, 5) is 14.7. The Morgan fingerprint density at radius 2 is 2.00 bits per heavy atom. The molecule has 0 atom stereocenters. The lowest BCUT2D eigenvalue weighted by Gasteiger charge is -2.00. The summed E-state index contributed by atoms with van der Waals surface area (Å²) >= 11 is 0. The number of carbonyl (C=O) groups is 1. The number of phenolic OH excluding ortho intramolecular Hbond substituents is 1. The number of hydrogen-bond donors (Lipinski definition) is 2. The number of carboxylic acid groups (broad SMARTS) is 1. The van der Waals surface area contributed by atoms with Crippen LogP contribution in [0.3, 0.4) is 0 Å². The van der Waals surface area contributed by atoms with Gasteiger partial charge in [0.05, 0.1) is 5.71 Å². The number of oxime groups is 1. The number of rotatable bonds is 4. The van der Waals surface area contributed by atoms with Gasteiger partial charge in [-0.3, -0.25) is 0 Å². The van der Waals surface area contributed by atoms with Crippen molar-refractivity contribution in [2.75, 3.05) is 6.61 Å². The van der Waals surface area contributed by atoms with E-state index in [4.69, 9.17) is 10.2 Å². The average Bonchev–Trinajstić information content (AvgIpc) is 2.18. The van der Waals surface area contributed by atoms with Crippen molar-refractivity contribution < 1.29 is 19.8 Å². The van der Waals surface area contributed by atoms with Crippen LogP contribution in [0.15, 0.2) is 29.4 Å². The molecule has 0 aliphatic heterocycles. The van der Waals surface area contributed by atoms with Crippen molar-refractivity contribution in [3.05, 3.63) is 29.8 Å². The van der Waals surface area contributed by atoms with Crippen LogP contribution in [0.4, 0.5) is 0 Å². The summed E-state index contributed by atoms with van der Waals surface area (Å²) in [6, 6.07) is 6.37. The molecule has 0 spiro atoms. The van der Waals surface area contributed by atoms with Gasteiger partial charge in [-0.2, -0.15) is 0 Å². The van der Waals surface area contributed by atoms with E-state index in [9.17, 15) is 4.79 Å². The number of nitrogens with zero attached hydrogens (tertiary/aromatic N) is 1. The van der Waals surface area contributed by atoms with Crippen molar-refractivity contribution >= 4 is 11.7 Å². The molecule has 0 aromatic heterocycles. The van der Waals surface area contributed by atoms with Crippen molar-refractivity contribution in [2.45, 2.75) is 6.92 Å². The lowest BCUT2D eigenvalue weighted by molar-refractivity contribution is -0.142. The monoisotopic (exact) mass is 209 g/mol. The van der Waals surface area contributed by atoms with Crippen LogP contribution in [-0.4, -0.2) is 28.5 Å². The Balaban J connectivity index is 2.63. The fourth-order valence-electron chi connectivity index (χ4n) is 0.940. The minimum absolute atomic E-state index is 0.165. The molecule has 80 valence electrons. The number of benzene rings is 1. The predicted octanol–water partition coefficient (Wildman–Crippen LogP) is 1.22. The Bertz CT molecular complexity index is 370. The molecule has 0 saturated heterocycles. The van der Waals surface area contributed by atoms with E-state index in [-0.39, 0.29) is 5.75 Å². The average molecular weight is 209 g/mol. The van der Waals surface area contributed by atoms with Crippen LogP contribution < -0.4 is 0 Å². The number of aliphatic carboxylic acids is 1. The van der Waals surface area contributed by atoms with Gasteiger partial charge in [0, 0.05) is 0 Å². The van der Waals surface area contributed by atoms with Crippen molar-refractivity contribution in [1.82, 2.24) is 0 Å². The number of phenols is 1. The van der Waals surface area contributed by atoms with Crippen molar-refractivity contribution in [2.24, 2.45) is 5.16 Å². The molecule has 0 saturated carbocycles. The van der Waals surface area contributed by atoms with E-state index in [1.807, 2.05) is 0 Å². The molecule has 0 aliphatic rings. The van der Waals surface area contributed by atoms with Gasteiger partial charge in [0.25, 0.3) is 0 Å². The third-order valence-corrected chi connectivity index (χ3v) is 1.67. The lowest BCUT2D eigenvalue weighted by atomic mass is 10.1. The summed E-state index contributed by atoms with van der Waals surface area (Å²) in [5.74, 6) is -0.907. The topological polar surface area (TPSA) is 79.1 Å². The zero-order chi connectivity index (χ0) is 11.3. The molecule has 1 rings (SSSR count). The molecule has 0 fully saturated rings. The quantitative estimate of drug-likeness (QED) is 0.577. The zero-order valence-corrected chi connectivity index (χ0v) is 8.17. The summed E-state index contributed by atoms with van der Waals surface area (Å²) in [5, 5.41) is 21.0. The first-order chi connectivity index (χ1) is 7.09. The first kappa shape index (κ1) is 11.0. The molecule has 0 unspecified atom stereocenters. The second-order valence-corrected chi connectivity index (χ2v) is 2.89. The number of carboxylic acids is 1.